The largest absolute Gasteiger partial charge is 0.489 e. The van der Waals surface area contributed by atoms with Crippen molar-refractivity contribution in [3.05, 3.63) is 42.5 Å². The van der Waals surface area contributed by atoms with E-state index >= 15 is 0 Å². The van der Waals surface area contributed by atoms with Gasteiger partial charge in [0.05, 0.1) is 0 Å². The summed E-state index contributed by atoms with van der Waals surface area (Å²) in [5, 5.41) is 3.30. The Morgan fingerprint density at radius 2 is 2.25 bits per heavy atom. The van der Waals surface area contributed by atoms with Gasteiger partial charge >= 0.3 is 0 Å². The van der Waals surface area contributed by atoms with Crippen LogP contribution < -0.4 is 10.1 Å². The topological polar surface area (TPSA) is 21.3 Å². The van der Waals surface area contributed by atoms with Crippen LogP contribution in [0.3, 0.4) is 0 Å². The summed E-state index contributed by atoms with van der Waals surface area (Å²) in [5.74, 6) is 1.01. The van der Waals surface area contributed by atoms with E-state index in [0.29, 0.717) is 6.10 Å². The molecule has 1 saturated heterocycles. The normalized spacial score (nSPS) is 18.9. The number of hydrogen-bond donors (Lipinski definition) is 1. The number of rotatable bonds is 4. The fourth-order valence-corrected chi connectivity index (χ4v) is 1.85. The van der Waals surface area contributed by atoms with Crippen molar-refractivity contribution in [2.24, 2.45) is 0 Å². The fourth-order valence-electron chi connectivity index (χ4n) is 1.85. The number of halogens is 1. The van der Waals surface area contributed by atoms with Crippen LogP contribution in [0.1, 0.15) is 12.0 Å². The highest BCUT2D eigenvalue weighted by Crippen LogP contribution is 2.21. The van der Waals surface area contributed by atoms with Crippen molar-refractivity contribution in [1.82, 2.24) is 5.32 Å². The molecule has 0 saturated carbocycles. The van der Waals surface area contributed by atoms with E-state index in [1.165, 1.54) is 5.56 Å². The van der Waals surface area contributed by atoms with Crippen LogP contribution in [0.15, 0.2) is 36.9 Å². The molecular weight excluding hydrogens is 222 g/mol. The molecule has 1 aromatic carbocycles. The van der Waals surface area contributed by atoms with Gasteiger partial charge in [0, 0.05) is 6.54 Å². The first kappa shape index (κ1) is 13.1. The molecule has 0 radical (unpaired) electrons. The zero-order valence-electron chi connectivity index (χ0n) is 9.32. The van der Waals surface area contributed by atoms with Gasteiger partial charge in [0.2, 0.25) is 0 Å². The van der Waals surface area contributed by atoms with Crippen LogP contribution in [-0.4, -0.2) is 19.2 Å². The molecule has 1 atom stereocenters. The summed E-state index contributed by atoms with van der Waals surface area (Å²) in [7, 11) is 0. The second-order valence-corrected chi connectivity index (χ2v) is 3.83. The Kier molecular flexibility index (Phi) is 5.36. The van der Waals surface area contributed by atoms with Crippen LogP contribution in [-0.2, 0) is 6.42 Å². The van der Waals surface area contributed by atoms with E-state index in [-0.39, 0.29) is 12.4 Å². The first-order chi connectivity index (χ1) is 7.40. The van der Waals surface area contributed by atoms with Gasteiger partial charge in [-0.05, 0) is 31.0 Å². The molecule has 1 heterocycles. The smallest absolute Gasteiger partial charge is 0.123 e. The molecule has 1 fully saturated rings. The summed E-state index contributed by atoms with van der Waals surface area (Å²) in [6, 6.07) is 8.19. The van der Waals surface area contributed by atoms with Crippen molar-refractivity contribution in [1.29, 1.82) is 0 Å². The third kappa shape index (κ3) is 3.26. The molecule has 0 bridgehead atoms. The van der Waals surface area contributed by atoms with Crippen LogP contribution in [0.4, 0.5) is 0 Å². The molecule has 2 rings (SSSR count). The van der Waals surface area contributed by atoms with E-state index in [2.05, 4.69) is 18.0 Å². The van der Waals surface area contributed by atoms with Gasteiger partial charge in [0.25, 0.3) is 0 Å². The van der Waals surface area contributed by atoms with Crippen molar-refractivity contribution < 1.29 is 4.74 Å². The predicted molar refractivity (Wildman–Crippen MR) is 69.5 cm³/mol. The van der Waals surface area contributed by atoms with Crippen molar-refractivity contribution >= 4 is 12.4 Å². The Labute approximate surface area is 103 Å². The number of benzene rings is 1. The van der Waals surface area contributed by atoms with Gasteiger partial charge in [-0.25, -0.2) is 0 Å². The van der Waals surface area contributed by atoms with Crippen molar-refractivity contribution in [2.75, 3.05) is 13.1 Å². The summed E-state index contributed by atoms with van der Waals surface area (Å²) in [5.41, 5.74) is 1.22. The Balaban J connectivity index is 0.00000128. The SMILES string of the molecule is C=CCc1ccccc1OC1CCNC1.Cl. The van der Waals surface area contributed by atoms with Crippen LogP contribution in [0.2, 0.25) is 0 Å². The summed E-state index contributed by atoms with van der Waals surface area (Å²) in [6.07, 6.45) is 4.21. The van der Waals surface area contributed by atoms with E-state index in [1.54, 1.807) is 0 Å². The summed E-state index contributed by atoms with van der Waals surface area (Å²) in [4.78, 5) is 0. The lowest BCUT2D eigenvalue weighted by atomic mass is 10.1. The van der Waals surface area contributed by atoms with Gasteiger partial charge in [-0.3, -0.25) is 0 Å². The second-order valence-electron chi connectivity index (χ2n) is 3.83. The molecule has 1 N–H and O–H groups in total. The molecule has 3 heteroatoms. The Hall–Kier alpha value is -0.990. The monoisotopic (exact) mass is 239 g/mol. The molecule has 16 heavy (non-hydrogen) atoms. The fraction of sp³-hybridized carbons (Fsp3) is 0.385. The molecule has 1 aliphatic heterocycles. The predicted octanol–water partition coefficient (Wildman–Crippen LogP) is 2.58. The van der Waals surface area contributed by atoms with Gasteiger partial charge in [-0.15, -0.1) is 19.0 Å². The summed E-state index contributed by atoms with van der Waals surface area (Å²) >= 11 is 0. The number of allylic oxidation sites excluding steroid dienone is 1. The zero-order chi connectivity index (χ0) is 10.5. The minimum absolute atomic E-state index is 0. The van der Waals surface area contributed by atoms with Gasteiger partial charge in [0.1, 0.15) is 11.9 Å². The summed E-state index contributed by atoms with van der Waals surface area (Å²) < 4.78 is 5.95. The van der Waals surface area contributed by atoms with Crippen molar-refractivity contribution in [3.63, 3.8) is 0 Å². The average molecular weight is 240 g/mol. The quantitative estimate of drug-likeness (QED) is 0.816. The molecule has 0 aromatic heterocycles. The number of para-hydroxylation sites is 1. The molecule has 88 valence electrons. The highest BCUT2D eigenvalue weighted by molar-refractivity contribution is 5.85. The molecule has 0 spiro atoms. The number of hydrogen-bond acceptors (Lipinski definition) is 2. The van der Waals surface area contributed by atoms with E-state index < -0.39 is 0 Å². The van der Waals surface area contributed by atoms with Crippen molar-refractivity contribution in [3.8, 4) is 5.75 Å². The lowest BCUT2D eigenvalue weighted by Gasteiger charge is -2.15. The summed E-state index contributed by atoms with van der Waals surface area (Å²) in [6.45, 7) is 5.79. The Bertz CT molecular complexity index is 334. The number of ether oxygens (including phenoxy) is 1. The second kappa shape index (κ2) is 6.56. The van der Waals surface area contributed by atoms with E-state index in [4.69, 9.17) is 4.74 Å². The van der Waals surface area contributed by atoms with Crippen LogP contribution in [0.25, 0.3) is 0 Å². The highest BCUT2D eigenvalue weighted by Gasteiger charge is 2.16. The molecule has 1 unspecified atom stereocenters. The molecular formula is C13H18ClNO. The van der Waals surface area contributed by atoms with Crippen molar-refractivity contribution in [2.45, 2.75) is 18.9 Å². The third-order valence-electron chi connectivity index (χ3n) is 2.65. The maximum atomic E-state index is 5.95. The van der Waals surface area contributed by atoms with Gasteiger partial charge < -0.3 is 10.1 Å². The van der Waals surface area contributed by atoms with Crippen LogP contribution >= 0.6 is 12.4 Å². The molecule has 1 aliphatic rings. The zero-order valence-corrected chi connectivity index (χ0v) is 10.1. The maximum Gasteiger partial charge on any atom is 0.123 e. The minimum Gasteiger partial charge on any atom is -0.489 e. The van der Waals surface area contributed by atoms with Gasteiger partial charge in [0.15, 0.2) is 0 Å². The molecule has 1 aromatic rings. The lowest BCUT2D eigenvalue weighted by molar-refractivity contribution is 0.221. The molecule has 2 nitrogen and oxygen atoms in total. The molecule has 0 amide bonds. The highest BCUT2D eigenvalue weighted by atomic mass is 35.5. The van der Waals surface area contributed by atoms with Gasteiger partial charge in [-0.2, -0.15) is 0 Å². The molecule has 0 aliphatic carbocycles. The van der Waals surface area contributed by atoms with E-state index in [9.17, 15) is 0 Å². The van der Waals surface area contributed by atoms with Crippen LogP contribution in [0, 0.1) is 0 Å². The average Bonchev–Trinajstić information content (AvgIpc) is 2.74. The van der Waals surface area contributed by atoms with E-state index in [1.807, 2.05) is 24.3 Å². The van der Waals surface area contributed by atoms with Crippen LogP contribution in [0.5, 0.6) is 5.75 Å². The lowest BCUT2D eigenvalue weighted by Crippen LogP contribution is -2.20. The third-order valence-corrected chi connectivity index (χ3v) is 2.65. The maximum absolute atomic E-state index is 5.95. The standard InChI is InChI=1S/C13H17NO.ClH/c1-2-5-11-6-3-4-7-13(11)15-12-8-9-14-10-12;/h2-4,6-7,12,14H,1,5,8-10H2;1H. The van der Waals surface area contributed by atoms with Gasteiger partial charge in [-0.1, -0.05) is 24.3 Å². The Morgan fingerprint density at radius 1 is 1.44 bits per heavy atom. The first-order valence-electron chi connectivity index (χ1n) is 5.46. The van der Waals surface area contributed by atoms with E-state index in [0.717, 1.165) is 31.7 Å². The number of nitrogens with one attached hydrogen (secondary N) is 1. The Morgan fingerprint density at radius 3 is 2.94 bits per heavy atom. The minimum atomic E-state index is 0. The first-order valence-corrected chi connectivity index (χ1v) is 5.46.